The molecule has 0 aliphatic carbocycles. The van der Waals surface area contributed by atoms with E-state index < -0.39 is 5.82 Å². The van der Waals surface area contributed by atoms with Gasteiger partial charge in [0.05, 0.1) is 11.4 Å². The van der Waals surface area contributed by atoms with Gasteiger partial charge in [-0.15, -0.1) is 0 Å². The minimum Gasteiger partial charge on any atom is -0.487 e. The van der Waals surface area contributed by atoms with Crippen LogP contribution >= 0.6 is 0 Å². The minimum absolute atomic E-state index is 0.259. The monoisotopic (exact) mass is 262 g/mol. The number of aryl methyl sites for hydroxylation is 2. The molecule has 100 valence electrons. The number of rotatable bonds is 5. The molecule has 0 fully saturated rings. The Bertz CT molecular complexity index is 593. The molecule has 0 N–H and O–H groups in total. The van der Waals surface area contributed by atoms with Crippen molar-refractivity contribution in [2.45, 2.75) is 27.0 Å². The molecule has 1 aromatic heterocycles. The van der Waals surface area contributed by atoms with E-state index >= 15 is 0 Å². The van der Waals surface area contributed by atoms with Gasteiger partial charge in [-0.3, -0.25) is 9.48 Å². The van der Waals surface area contributed by atoms with Crippen molar-refractivity contribution in [2.24, 2.45) is 0 Å². The van der Waals surface area contributed by atoms with Gasteiger partial charge in [-0.1, -0.05) is 0 Å². The summed E-state index contributed by atoms with van der Waals surface area (Å²) < 4.78 is 20.6. The van der Waals surface area contributed by atoms with Gasteiger partial charge in [0.25, 0.3) is 0 Å². The molecule has 0 saturated heterocycles. The fourth-order valence-electron chi connectivity index (χ4n) is 1.88. The minimum atomic E-state index is -0.486. The highest BCUT2D eigenvalue weighted by atomic mass is 19.1. The summed E-state index contributed by atoms with van der Waals surface area (Å²) in [5.74, 6) is -0.150. The topological polar surface area (TPSA) is 44.1 Å². The van der Waals surface area contributed by atoms with Gasteiger partial charge in [0.1, 0.15) is 24.5 Å². The Morgan fingerprint density at radius 3 is 2.84 bits per heavy atom. The third-order valence-corrected chi connectivity index (χ3v) is 2.70. The Kier molecular flexibility index (Phi) is 3.94. The zero-order valence-electron chi connectivity index (χ0n) is 10.9. The molecular weight excluding hydrogens is 247 g/mol. The van der Waals surface area contributed by atoms with Crippen molar-refractivity contribution >= 4 is 6.29 Å². The van der Waals surface area contributed by atoms with Gasteiger partial charge >= 0.3 is 0 Å². The number of nitrogens with zero attached hydrogens (tertiary/aromatic N) is 2. The van der Waals surface area contributed by atoms with Crippen molar-refractivity contribution in [3.8, 4) is 5.75 Å². The normalized spacial score (nSPS) is 10.5. The number of ether oxygens (including phenoxy) is 1. The van der Waals surface area contributed by atoms with Crippen LogP contribution in [0.25, 0.3) is 0 Å². The standard InChI is InChI=1S/C14H15FN2O2/c1-3-17-13(4-10(2)16-17)9-19-14-6-11(8-18)5-12(15)7-14/h4-8H,3,9H2,1-2H3. The zero-order valence-corrected chi connectivity index (χ0v) is 10.9. The summed E-state index contributed by atoms with van der Waals surface area (Å²) in [6, 6.07) is 5.85. The first-order chi connectivity index (χ1) is 9.12. The van der Waals surface area contributed by atoms with E-state index in [0.717, 1.165) is 17.9 Å². The summed E-state index contributed by atoms with van der Waals surface area (Å²) in [5, 5.41) is 4.30. The Morgan fingerprint density at radius 1 is 1.37 bits per heavy atom. The van der Waals surface area contributed by atoms with E-state index in [4.69, 9.17) is 4.74 Å². The lowest BCUT2D eigenvalue weighted by atomic mass is 10.2. The van der Waals surface area contributed by atoms with Crippen molar-refractivity contribution in [3.05, 3.63) is 47.0 Å². The van der Waals surface area contributed by atoms with Crippen molar-refractivity contribution in [2.75, 3.05) is 0 Å². The summed E-state index contributed by atoms with van der Waals surface area (Å²) >= 11 is 0. The number of hydrogen-bond acceptors (Lipinski definition) is 3. The van der Waals surface area contributed by atoms with Crippen LogP contribution in [0.3, 0.4) is 0 Å². The second-order valence-corrected chi connectivity index (χ2v) is 4.22. The van der Waals surface area contributed by atoms with Crippen molar-refractivity contribution < 1.29 is 13.9 Å². The van der Waals surface area contributed by atoms with Gasteiger partial charge in [0.2, 0.25) is 0 Å². The molecule has 5 heteroatoms. The number of aldehydes is 1. The highest BCUT2D eigenvalue weighted by molar-refractivity contribution is 5.75. The van der Waals surface area contributed by atoms with Crippen LogP contribution in [0, 0.1) is 12.7 Å². The van der Waals surface area contributed by atoms with E-state index in [0.29, 0.717) is 12.0 Å². The predicted molar refractivity (Wildman–Crippen MR) is 68.8 cm³/mol. The summed E-state index contributed by atoms with van der Waals surface area (Å²) in [4.78, 5) is 10.7. The molecule has 2 aromatic rings. The lowest BCUT2D eigenvalue weighted by Crippen LogP contribution is -2.06. The lowest BCUT2D eigenvalue weighted by molar-refractivity contribution is 0.112. The molecule has 1 aromatic carbocycles. The van der Waals surface area contributed by atoms with E-state index in [1.807, 2.05) is 24.6 Å². The van der Waals surface area contributed by atoms with Crippen LogP contribution in [-0.2, 0) is 13.2 Å². The van der Waals surface area contributed by atoms with E-state index in [1.165, 1.54) is 18.2 Å². The van der Waals surface area contributed by atoms with Crippen LogP contribution in [0.1, 0.15) is 28.7 Å². The van der Waals surface area contributed by atoms with Crippen LogP contribution in [0.5, 0.6) is 5.75 Å². The summed E-state index contributed by atoms with van der Waals surface area (Å²) in [6.45, 7) is 4.93. The fraction of sp³-hybridized carbons (Fsp3) is 0.286. The predicted octanol–water partition coefficient (Wildman–Crippen LogP) is 2.74. The summed E-state index contributed by atoms with van der Waals surface area (Å²) in [5.41, 5.74) is 2.08. The maximum absolute atomic E-state index is 13.2. The number of benzene rings is 1. The van der Waals surface area contributed by atoms with Gasteiger partial charge < -0.3 is 4.74 Å². The van der Waals surface area contributed by atoms with Crippen molar-refractivity contribution in [3.63, 3.8) is 0 Å². The van der Waals surface area contributed by atoms with E-state index in [-0.39, 0.29) is 12.2 Å². The van der Waals surface area contributed by atoms with Crippen LogP contribution in [0.2, 0.25) is 0 Å². The smallest absolute Gasteiger partial charge is 0.150 e. The van der Waals surface area contributed by atoms with Gasteiger partial charge in [-0.05, 0) is 32.0 Å². The molecule has 0 aliphatic heterocycles. The lowest BCUT2D eigenvalue weighted by Gasteiger charge is -2.08. The second-order valence-electron chi connectivity index (χ2n) is 4.22. The molecule has 1 heterocycles. The van der Waals surface area contributed by atoms with Crippen molar-refractivity contribution in [1.29, 1.82) is 0 Å². The Labute approximate surface area is 110 Å². The number of halogens is 1. The van der Waals surface area contributed by atoms with E-state index in [2.05, 4.69) is 5.10 Å². The first-order valence-corrected chi connectivity index (χ1v) is 6.04. The third-order valence-electron chi connectivity index (χ3n) is 2.70. The molecule has 0 aliphatic rings. The second kappa shape index (κ2) is 5.65. The fourth-order valence-corrected chi connectivity index (χ4v) is 1.88. The highest BCUT2D eigenvalue weighted by Gasteiger charge is 2.06. The number of carbonyl (C=O) groups is 1. The number of hydrogen-bond donors (Lipinski definition) is 0. The number of carbonyl (C=O) groups excluding carboxylic acids is 1. The van der Waals surface area contributed by atoms with Gasteiger partial charge in [-0.2, -0.15) is 5.10 Å². The average molecular weight is 262 g/mol. The number of aromatic nitrogens is 2. The van der Waals surface area contributed by atoms with Gasteiger partial charge in [-0.25, -0.2) is 4.39 Å². The quantitative estimate of drug-likeness (QED) is 0.778. The summed E-state index contributed by atoms with van der Waals surface area (Å²) in [6.07, 6.45) is 0.594. The maximum Gasteiger partial charge on any atom is 0.150 e. The maximum atomic E-state index is 13.2. The molecule has 0 spiro atoms. The molecule has 0 unspecified atom stereocenters. The van der Waals surface area contributed by atoms with Crippen molar-refractivity contribution in [1.82, 2.24) is 9.78 Å². The molecule has 2 rings (SSSR count). The molecule has 0 amide bonds. The first-order valence-electron chi connectivity index (χ1n) is 6.04. The largest absolute Gasteiger partial charge is 0.487 e. The van der Waals surface area contributed by atoms with Crippen LogP contribution in [0.15, 0.2) is 24.3 Å². The molecule has 0 bridgehead atoms. The molecule has 0 saturated carbocycles. The Hall–Kier alpha value is -2.17. The molecule has 0 radical (unpaired) electrons. The Morgan fingerprint density at radius 2 is 2.16 bits per heavy atom. The SMILES string of the molecule is CCn1nc(C)cc1COc1cc(F)cc(C=O)c1. The Balaban J connectivity index is 2.13. The van der Waals surface area contributed by atoms with Crippen LogP contribution in [0.4, 0.5) is 4.39 Å². The molecule has 19 heavy (non-hydrogen) atoms. The van der Waals surface area contributed by atoms with Gasteiger partial charge in [0, 0.05) is 18.2 Å². The van der Waals surface area contributed by atoms with E-state index in [1.54, 1.807) is 0 Å². The third kappa shape index (κ3) is 3.19. The summed E-state index contributed by atoms with van der Waals surface area (Å²) in [7, 11) is 0. The highest BCUT2D eigenvalue weighted by Crippen LogP contribution is 2.17. The van der Waals surface area contributed by atoms with Crippen LogP contribution < -0.4 is 4.74 Å². The van der Waals surface area contributed by atoms with E-state index in [9.17, 15) is 9.18 Å². The van der Waals surface area contributed by atoms with Crippen LogP contribution in [-0.4, -0.2) is 16.1 Å². The van der Waals surface area contributed by atoms with Gasteiger partial charge in [0.15, 0.2) is 0 Å². The zero-order chi connectivity index (χ0) is 13.8. The average Bonchev–Trinajstić information content (AvgIpc) is 2.76. The molecule has 4 nitrogen and oxygen atoms in total. The molecule has 0 atom stereocenters. The first kappa shape index (κ1) is 13.3. The molecular formula is C14H15FN2O2.